The molecular weight excluding hydrogens is 460 g/mol. The molecule has 0 aliphatic heterocycles. The second-order valence-electron chi connectivity index (χ2n) is 7.24. The van der Waals surface area contributed by atoms with Gasteiger partial charge in [0, 0.05) is 29.4 Å². The van der Waals surface area contributed by atoms with Gasteiger partial charge in [-0.05, 0) is 41.1 Å². The fourth-order valence-corrected chi connectivity index (χ4v) is 4.99. The number of hydrogen-bond acceptors (Lipinski definition) is 5. The van der Waals surface area contributed by atoms with Crippen LogP contribution in [-0.4, -0.2) is 26.4 Å². The normalized spacial score (nSPS) is 10.9. The SMILES string of the molecule is O=C(CSc1nnc(Cc2cccs2)n1CCc1ccccc1)NCc1cccc(Cl)c1. The first-order valence-electron chi connectivity index (χ1n) is 10.3. The number of nitrogens with one attached hydrogen (secondary N) is 1. The molecule has 1 N–H and O–H groups in total. The summed E-state index contributed by atoms with van der Waals surface area (Å²) in [5, 5.41) is 15.3. The average Bonchev–Trinajstić information content (AvgIpc) is 3.46. The van der Waals surface area contributed by atoms with Gasteiger partial charge in [0.05, 0.1) is 5.75 Å². The summed E-state index contributed by atoms with van der Waals surface area (Å²) in [7, 11) is 0. The van der Waals surface area contributed by atoms with E-state index in [0.717, 1.165) is 35.9 Å². The number of rotatable bonds is 10. The van der Waals surface area contributed by atoms with E-state index in [4.69, 9.17) is 11.6 Å². The maximum atomic E-state index is 12.4. The van der Waals surface area contributed by atoms with Crippen molar-refractivity contribution in [2.75, 3.05) is 5.75 Å². The Morgan fingerprint density at radius 1 is 1.03 bits per heavy atom. The predicted molar refractivity (Wildman–Crippen MR) is 131 cm³/mol. The fraction of sp³-hybridized carbons (Fsp3) is 0.208. The number of carbonyl (C=O) groups is 1. The van der Waals surface area contributed by atoms with E-state index >= 15 is 0 Å². The molecule has 1 amide bonds. The molecule has 5 nitrogen and oxygen atoms in total. The van der Waals surface area contributed by atoms with Gasteiger partial charge in [0.2, 0.25) is 5.91 Å². The summed E-state index contributed by atoms with van der Waals surface area (Å²) in [6, 6.07) is 22.0. The van der Waals surface area contributed by atoms with Gasteiger partial charge in [0.25, 0.3) is 0 Å². The van der Waals surface area contributed by atoms with E-state index < -0.39 is 0 Å². The highest BCUT2D eigenvalue weighted by molar-refractivity contribution is 7.99. The average molecular weight is 483 g/mol. The molecule has 4 aromatic rings. The maximum Gasteiger partial charge on any atom is 0.230 e. The molecule has 2 heterocycles. The summed E-state index contributed by atoms with van der Waals surface area (Å²) in [5.41, 5.74) is 2.23. The summed E-state index contributed by atoms with van der Waals surface area (Å²) in [6.45, 7) is 1.22. The molecule has 2 aromatic carbocycles. The van der Waals surface area contributed by atoms with Crippen molar-refractivity contribution in [1.29, 1.82) is 0 Å². The Bertz CT molecular complexity index is 1150. The van der Waals surface area contributed by atoms with Crippen molar-refractivity contribution in [1.82, 2.24) is 20.1 Å². The van der Waals surface area contributed by atoms with Crippen LogP contribution < -0.4 is 5.32 Å². The van der Waals surface area contributed by atoms with Crippen LogP contribution >= 0.6 is 34.7 Å². The van der Waals surface area contributed by atoms with Crippen LogP contribution in [0.25, 0.3) is 0 Å². The van der Waals surface area contributed by atoms with Gasteiger partial charge in [-0.3, -0.25) is 4.79 Å². The molecule has 0 atom stereocenters. The summed E-state index contributed by atoms with van der Waals surface area (Å²) in [4.78, 5) is 13.7. The van der Waals surface area contributed by atoms with E-state index in [9.17, 15) is 4.79 Å². The van der Waals surface area contributed by atoms with Crippen LogP contribution in [0.15, 0.2) is 77.3 Å². The maximum absolute atomic E-state index is 12.4. The number of nitrogens with zero attached hydrogens (tertiary/aromatic N) is 3. The Hall–Kier alpha value is -2.61. The fourth-order valence-electron chi connectivity index (χ4n) is 3.26. The lowest BCUT2D eigenvalue weighted by molar-refractivity contribution is -0.118. The highest BCUT2D eigenvalue weighted by Gasteiger charge is 2.15. The number of carbonyl (C=O) groups excluding carboxylic acids is 1. The number of aromatic nitrogens is 3. The molecule has 8 heteroatoms. The summed E-state index contributed by atoms with van der Waals surface area (Å²) < 4.78 is 2.14. The third kappa shape index (κ3) is 6.45. The predicted octanol–water partition coefficient (Wildman–Crippen LogP) is 5.24. The minimum Gasteiger partial charge on any atom is -0.351 e. The van der Waals surface area contributed by atoms with Gasteiger partial charge in [-0.15, -0.1) is 21.5 Å². The van der Waals surface area contributed by atoms with Crippen molar-refractivity contribution in [3.05, 3.63) is 99.0 Å². The number of aryl methyl sites for hydroxylation is 1. The molecule has 0 saturated carbocycles. The largest absolute Gasteiger partial charge is 0.351 e. The number of hydrogen-bond donors (Lipinski definition) is 1. The van der Waals surface area contributed by atoms with Crippen molar-refractivity contribution in [2.45, 2.75) is 31.1 Å². The van der Waals surface area contributed by atoms with Gasteiger partial charge in [0.1, 0.15) is 5.82 Å². The van der Waals surface area contributed by atoms with E-state index in [-0.39, 0.29) is 11.7 Å². The zero-order valence-corrected chi connectivity index (χ0v) is 19.8. The van der Waals surface area contributed by atoms with Crippen LogP contribution in [0.3, 0.4) is 0 Å². The lowest BCUT2D eigenvalue weighted by atomic mass is 10.1. The van der Waals surface area contributed by atoms with Crippen LogP contribution in [-0.2, 0) is 30.7 Å². The Morgan fingerprint density at radius 3 is 2.66 bits per heavy atom. The molecule has 32 heavy (non-hydrogen) atoms. The Labute approximate surface area is 200 Å². The molecule has 0 aliphatic rings. The molecule has 0 saturated heterocycles. The molecule has 0 spiro atoms. The topological polar surface area (TPSA) is 59.8 Å². The second kappa shape index (κ2) is 11.3. The quantitative estimate of drug-likeness (QED) is 0.314. The monoisotopic (exact) mass is 482 g/mol. The molecule has 0 unspecified atom stereocenters. The van der Waals surface area contributed by atoms with Crippen LogP contribution in [0, 0.1) is 0 Å². The molecule has 0 bridgehead atoms. The van der Waals surface area contributed by atoms with Gasteiger partial charge in [-0.2, -0.15) is 0 Å². The summed E-state index contributed by atoms with van der Waals surface area (Å²) in [5.74, 6) is 1.15. The Morgan fingerprint density at radius 2 is 1.88 bits per heavy atom. The number of thioether (sulfide) groups is 1. The van der Waals surface area contributed by atoms with Gasteiger partial charge in [-0.1, -0.05) is 71.9 Å². The molecule has 0 radical (unpaired) electrons. The summed E-state index contributed by atoms with van der Waals surface area (Å²) >= 11 is 9.14. The standard InChI is InChI=1S/C24H23ClN4OS2/c25-20-9-4-8-19(14-20)16-26-23(30)17-32-24-28-27-22(15-21-10-5-13-31-21)29(24)12-11-18-6-2-1-3-7-18/h1-10,13-14H,11-12,15-17H2,(H,26,30). The first-order valence-corrected chi connectivity index (χ1v) is 12.5. The van der Waals surface area contributed by atoms with Crippen molar-refractivity contribution < 1.29 is 4.79 Å². The van der Waals surface area contributed by atoms with Gasteiger partial charge in [0.15, 0.2) is 5.16 Å². The van der Waals surface area contributed by atoms with Gasteiger partial charge in [-0.25, -0.2) is 0 Å². The van der Waals surface area contributed by atoms with Gasteiger partial charge >= 0.3 is 0 Å². The number of thiophene rings is 1. The van der Waals surface area contributed by atoms with Crippen molar-refractivity contribution in [3.63, 3.8) is 0 Å². The van der Waals surface area contributed by atoms with Crippen LogP contribution in [0.4, 0.5) is 0 Å². The van der Waals surface area contributed by atoms with Crippen molar-refractivity contribution in [3.8, 4) is 0 Å². The van der Waals surface area contributed by atoms with E-state index in [1.807, 2.05) is 48.5 Å². The first kappa shape index (κ1) is 22.6. The smallest absolute Gasteiger partial charge is 0.230 e. The number of amides is 1. The lowest BCUT2D eigenvalue weighted by Gasteiger charge is -2.10. The van der Waals surface area contributed by atoms with Gasteiger partial charge < -0.3 is 9.88 Å². The Kier molecular flexibility index (Phi) is 7.98. The van der Waals surface area contributed by atoms with E-state index in [1.165, 1.54) is 22.2 Å². The molecular formula is C24H23ClN4OS2. The van der Waals surface area contributed by atoms with Crippen LogP contribution in [0.5, 0.6) is 0 Å². The van der Waals surface area contributed by atoms with Crippen LogP contribution in [0.1, 0.15) is 21.8 Å². The first-order chi connectivity index (χ1) is 15.7. The van der Waals surface area contributed by atoms with Crippen LogP contribution in [0.2, 0.25) is 5.02 Å². The minimum atomic E-state index is -0.0487. The van der Waals surface area contributed by atoms with Crippen molar-refractivity contribution in [2.24, 2.45) is 0 Å². The molecule has 4 rings (SSSR count). The minimum absolute atomic E-state index is 0.0487. The molecule has 0 fully saturated rings. The second-order valence-corrected chi connectivity index (χ2v) is 9.65. The zero-order valence-electron chi connectivity index (χ0n) is 17.4. The lowest BCUT2D eigenvalue weighted by Crippen LogP contribution is -2.24. The van der Waals surface area contributed by atoms with E-state index in [1.54, 1.807) is 11.3 Å². The van der Waals surface area contributed by atoms with E-state index in [0.29, 0.717) is 11.6 Å². The molecule has 164 valence electrons. The zero-order chi connectivity index (χ0) is 22.2. The Balaban J connectivity index is 1.40. The highest BCUT2D eigenvalue weighted by Crippen LogP contribution is 2.21. The third-order valence-corrected chi connectivity index (χ3v) is 6.96. The van der Waals surface area contributed by atoms with E-state index in [2.05, 4.69) is 43.7 Å². The van der Waals surface area contributed by atoms with Crippen molar-refractivity contribution >= 4 is 40.6 Å². The molecule has 2 aromatic heterocycles. The molecule has 0 aliphatic carbocycles. The highest BCUT2D eigenvalue weighted by atomic mass is 35.5. The summed E-state index contributed by atoms with van der Waals surface area (Å²) in [6.07, 6.45) is 1.62. The third-order valence-electron chi connectivity index (χ3n) is 4.88. The number of halogens is 1. The number of benzene rings is 2.